The van der Waals surface area contributed by atoms with Crippen molar-refractivity contribution in [3.63, 3.8) is 0 Å². The summed E-state index contributed by atoms with van der Waals surface area (Å²) >= 11 is 4.79. The van der Waals surface area contributed by atoms with Crippen LogP contribution in [0.1, 0.15) is 28.3 Å². The molecule has 4 aromatic heterocycles. The Morgan fingerprint density at radius 1 is 0.674 bits per heavy atom. The Hall–Kier alpha value is -6.01. The molecule has 0 unspecified atom stereocenters. The number of H-pyrrole nitrogens is 2. The van der Waals surface area contributed by atoms with Crippen molar-refractivity contribution >= 4 is 69.4 Å². The lowest BCUT2D eigenvalue weighted by Gasteiger charge is -2.07. The summed E-state index contributed by atoms with van der Waals surface area (Å²) in [5.74, 6) is 0. The molecule has 0 aliphatic carbocycles. The molecule has 7 heteroatoms. The van der Waals surface area contributed by atoms with E-state index in [4.69, 9.17) is 22.2 Å². The van der Waals surface area contributed by atoms with Crippen molar-refractivity contribution in [2.24, 2.45) is 4.99 Å². The quantitative estimate of drug-likeness (QED) is 0.118. The molecule has 8 rings (SSSR count). The van der Waals surface area contributed by atoms with E-state index in [-0.39, 0.29) is 0 Å². The Balaban J connectivity index is 1.40. The van der Waals surface area contributed by atoms with Crippen molar-refractivity contribution in [2.45, 2.75) is 6.92 Å². The van der Waals surface area contributed by atoms with E-state index < -0.39 is 0 Å². The molecule has 0 atom stereocenters. The molecule has 0 fully saturated rings. The van der Waals surface area contributed by atoms with Crippen molar-refractivity contribution in [3.05, 3.63) is 138 Å². The SMILES string of the molecule is Cc1cc[n+](-c2ccccc2-c2c3nc(cc4ccc([nH]4)c(-c4ccc(N=C=S)cc4)c4nc(cc5ccc2[nH]5)C=C4)C=C3)cc1. The molecule has 2 aliphatic heterocycles. The molecule has 0 radical (unpaired) electrons. The van der Waals surface area contributed by atoms with E-state index in [1.54, 1.807) is 0 Å². The van der Waals surface area contributed by atoms with Crippen LogP contribution in [0, 0.1) is 6.92 Å². The van der Waals surface area contributed by atoms with Gasteiger partial charge in [-0.2, -0.15) is 9.56 Å². The van der Waals surface area contributed by atoms with Gasteiger partial charge < -0.3 is 9.97 Å². The zero-order chi connectivity index (χ0) is 31.0. The molecule has 0 amide bonds. The molecule has 2 aromatic carbocycles. The maximum atomic E-state index is 5.13. The van der Waals surface area contributed by atoms with Gasteiger partial charge in [-0.15, -0.1) is 0 Å². The first-order valence-electron chi connectivity index (χ1n) is 15.0. The summed E-state index contributed by atoms with van der Waals surface area (Å²) in [4.78, 5) is 21.6. The van der Waals surface area contributed by atoms with Gasteiger partial charge >= 0.3 is 0 Å². The highest BCUT2D eigenvalue weighted by Crippen LogP contribution is 2.34. The van der Waals surface area contributed by atoms with Crippen molar-refractivity contribution in [2.75, 3.05) is 0 Å². The van der Waals surface area contributed by atoms with Gasteiger partial charge in [0.25, 0.3) is 0 Å². The number of benzene rings is 2. The third-order valence-corrected chi connectivity index (χ3v) is 8.27. The number of para-hydroxylation sites is 1. The predicted octanol–water partition coefficient (Wildman–Crippen LogP) is 9.31. The number of nitrogens with zero attached hydrogens (tertiary/aromatic N) is 4. The number of thiocarbonyl (C=S) groups is 1. The minimum absolute atomic E-state index is 0.759. The minimum Gasteiger partial charge on any atom is -0.355 e. The van der Waals surface area contributed by atoms with Crippen molar-refractivity contribution < 1.29 is 4.57 Å². The van der Waals surface area contributed by atoms with Gasteiger partial charge in [-0.05, 0) is 109 Å². The lowest BCUT2D eigenvalue weighted by molar-refractivity contribution is -0.595. The molecule has 0 saturated carbocycles. The number of aryl methyl sites for hydroxylation is 1. The van der Waals surface area contributed by atoms with Gasteiger partial charge in [0.2, 0.25) is 5.69 Å². The topological polar surface area (TPSA) is 73.6 Å². The Kier molecular flexibility index (Phi) is 6.88. The number of aromatic amines is 2. The van der Waals surface area contributed by atoms with Crippen LogP contribution >= 0.6 is 12.2 Å². The maximum absolute atomic E-state index is 5.13. The summed E-state index contributed by atoms with van der Waals surface area (Å²) in [6, 6.07) is 33.2. The fraction of sp³-hybridized carbons (Fsp3) is 0.0256. The van der Waals surface area contributed by atoms with Crippen LogP contribution in [0.25, 0.3) is 74.3 Å². The number of hydrogen-bond acceptors (Lipinski definition) is 4. The van der Waals surface area contributed by atoms with Crippen LogP contribution in [0.5, 0.6) is 0 Å². The van der Waals surface area contributed by atoms with E-state index in [1.807, 2.05) is 30.3 Å². The van der Waals surface area contributed by atoms with Crippen molar-refractivity contribution in [1.82, 2.24) is 19.9 Å². The first kappa shape index (κ1) is 27.5. The largest absolute Gasteiger partial charge is 0.355 e. The smallest absolute Gasteiger partial charge is 0.218 e. The molecular formula is C39H27N6S+. The van der Waals surface area contributed by atoms with Crippen molar-refractivity contribution in [3.8, 4) is 27.9 Å². The van der Waals surface area contributed by atoms with Gasteiger partial charge in [-0.3, -0.25) is 0 Å². The zero-order valence-corrected chi connectivity index (χ0v) is 25.7. The standard InChI is InChI=1S/C39H27N6S/c1-25-18-20-45(21-19-25)37-5-3-2-4-32(37)39-35-16-12-30(43-35)22-28-10-14-33(41-28)38(26-6-8-27(9-7-26)40-24-46)34-15-11-29(42-34)23-31-13-17-36(39)44-31/h2-23,41,44H,1H3/q+1. The highest BCUT2D eigenvalue weighted by Gasteiger charge is 2.19. The summed E-state index contributed by atoms with van der Waals surface area (Å²) in [5.41, 5.74) is 14.5. The van der Waals surface area contributed by atoms with Gasteiger partial charge in [0, 0.05) is 51.4 Å². The molecule has 2 N–H and O–H groups in total. The number of hydrogen-bond donors (Lipinski definition) is 2. The van der Waals surface area contributed by atoms with Gasteiger partial charge in [-0.1, -0.05) is 24.3 Å². The summed E-state index contributed by atoms with van der Waals surface area (Å²) in [6.45, 7) is 2.10. The Morgan fingerprint density at radius 3 is 1.93 bits per heavy atom. The first-order valence-corrected chi connectivity index (χ1v) is 15.4. The lowest BCUT2D eigenvalue weighted by Crippen LogP contribution is -2.30. The van der Waals surface area contributed by atoms with Crippen LogP contribution in [0.15, 0.2) is 114 Å². The first-order chi connectivity index (χ1) is 22.6. The molecule has 0 spiro atoms. The van der Waals surface area contributed by atoms with E-state index in [2.05, 4.69) is 135 Å². The normalized spacial score (nSPS) is 11.8. The van der Waals surface area contributed by atoms with E-state index >= 15 is 0 Å². The van der Waals surface area contributed by atoms with Gasteiger partial charge in [0.15, 0.2) is 12.4 Å². The second-order valence-corrected chi connectivity index (χ2v) is 11.4. The van der Waals surface area contributed by atoms with Crippen LogP contribution in [-0.2, 0) is 0 Å². The highest BCUT2D eigenvalue weighted by molar-refractivity contribution is 7.78. The van der Waals surface area contributed by atoms with Crippen LogP contribution < -0.4 is 4.57 Å². The number of isothiocyanates is 1. The van der Waals surface area contributed by atoms with Crippen LogP contribution in [0.2, 0.25) is 0 Å². The number of aromatic nitrogens is 5. The number of nitrogens with one attached hydrogen (secondary N) is 2. The molecule has 6 nitrogen and oxygen atoms in total. The molecule has 6 heterocycles. The van der Waals surface area contributed by atoms with Gasteiger partial charge in [0.1, 0.15) is 0 Å². The Bertz CT molecular complexity index is 2420. The molecule has 6 aromatic rings. The van der Waals surface area contributed by atoms with E-state index in [0.717, 1.165) is 78.5 Å². The van der Waals surface area contributed by atoms with E-state index in [9.17, 15) is 0 Å². The van der Waals surface area contributed by atoms with Gasteiger partial charge in [-0.25, -0.2) is 9.97 Å². The number of rotatable bonds is 4. The molecule has 8 bridgehead atoms. The summed E-state index contributed by atoms with van der Waals surface area (Å²) in [5, 5.41) is 2.44. The monoisotopic (exact) mass is 611 g/mol. The van der Waals surface area contributed by atoms with Crippen LogP contribution in [-0.4, -0.2) is 25.1 Å². The third-order valence-electron chi connectivity index (χ3n) is 8.18. The van der Waals surface area contributed by atoms with E-state index in [0.29, 0.717) is 0 Å². The average Bonchev–Trinajstić information content (AvgIpc) is 3.90. The van der Waals surface area contributed by atoms with E-state index in [1.165, 1.54) is 5.56 Å². The summed E-state index contributed by atoms with van der Waals surface area (Å²) < 4.78 is 2.16. The molecule has 2 aliphatic rings. The zero-order valence-electron chi connectivity index (χ0n) is 24.9. The minimum atomic E-state index is 0.759. The predicted molar refractivity (Wildman–Crippen MR) is 191 cm³/mol. The molecule has 218 valence electrons. The Morgan fingerprint density at radius 2 is 1.28 bits per heavy atom. The third kappa shape index (κ3) is 5.20. The van der Waals surface area contributed by atoms with Crippen LogP contribution in [0.3, 0.4) is 0 Å². The Labute approximate surface area is 270 Å². The summed E-state index contributed by atoms with van der Waals surface area (Å²) in [7, 11) is 0. The highest BCUT2D eigenvalue weighted by atomic mass is 32.1. The second kappa shape index (κ2) is 11.5. The fourth-order valence-corrected chi connectivity index (χ4v) is 6.09. The van der Waals surface area contributed by atoms with Crippen LogP contribution in [0.4, 0.5) is 5.69 Å². The van der Waals surface area contributed by atoms with Crippen molar-refractivity contribution in [1.29, 1.82) is 0 Å². The van der Waals surface area contributed by atoms with Gasteiger partial charge in [0.05, 0.1) is 39.2 Å². The number of fused-ring (bicyclic) bond motifs is 8. The summed E-state index contributed by atoms with van der Waals surface area (Å²) in [6.07, 6.45) is 12.5. The molecule has 46 heavy (non-hydrogen) atoms. The average molecular weight is 612 g/mol. The molecular weight excluding hydrogens is 585 g/mol. The number of aliphatic imine (C=N–C) groups is 1. The molecule has 0 saturated heterocycles. The maximum Gasteiger partial charge on any atom is 0.218 e. The second-order valence-electron chi connectivity index (χ2n) is 11.3. The number of pyridine rings is 1. The lowest BCUT2D eigenvalue weighted by atomic mass is 10.0. The fourth-order valence-electron chi connectivity index (χ4n) is 5.99.